The van der Waals surface area contributed by atoms with Crippen LogP contribution < -0.4 is 0 Å². The minimum absolute atomic E-state index is 0.0268. The SMILES string of the molecule is CC(O)Cn1c(-c2ccc([N+](=O)[O-])cc2)nc(-c2ccccc2)c1-c1ccccc1. The van der Waals surface area contributed by atoms with Crippen molar-refractivity contribution in [3.05, 3.63) is 95.0 Å². The first kappa shape index (κ1) is 19.5. The molecule has 0 aliphatic carbocycles. The third kappa shape index (κ3) is 3.86. The molecule has 1 N–H and O–H groups in total. The summed E-state index contributed by atoms with van der Waals surface area (Å²) in [7, 11) is 0. The fourth-order valence-corrected chi connectivity index (χ4v) is 3.53. The van der Waals surface area contributed by atoms with E-state index in [0.29, 0.717) is 12.4 Å². The van der Waals surface area contributed by atoms with Crippen molar-refractivity contribution in [3.8, 4) is 33.9 Å². The minimum atomic E-state index is -0.595. The number of hydrogen-bond acceptors (Lipinski definition) is 4. The van der Waals surface area contributed by atoms with Crippen LogP contribution in [0.2, 0.25) is 0 Å². The van der Waals surface area contributed by atoms with Crippen LogP contribution in [0.15, 0.2) is 84.9 Å². The molecule has 0 aliphatic rings. The number of nitrogens with zero attached hydrogens (tertiary/aromatic N) is 3. The molecule has 4 aromatic rings. The molecule has 150 valence electrons. The minimum Gasteiger partial charge on any atom is -0.392 e. The van der Waals surface area contributed by atoms with Crippen molar-refractivity contribution in [2.24, 2.45) is 0 Å². The first-order chi connectivity index (χ1) is 14.5. The first-order valence-corrected chi connectivity index (χ1v) is 9.69. The van der Waals surface area contributed by atoms with Crippen molar-refractivity contribution >= 4 is 5.69 Å². The number of nitro benzene ring substituents is 1. The molecule has 1 heterocycles. The van der Waals surface area contributed by atoms with Gasteiger partial charge in [0.2, 0.25) is 0 Å². The van der Waals surface area contributed by atoms with E-state index in [4.69, 9.17) is 4.98 Å². The number of aliphatic hydroxyl groups is 1. The van der Waals surface area contributed by atoms with E-state index in [0.717, 1.165) is 28.1 Å². The van der Waals surface area contributed by atoms with Crippen LogP contribution in [0.25, 0.3) is 33.9 Å². The van der Waals surface area contributed by atoms with Gasteiger partial charge in [0.25, 0.3) is 5.69 Å². The molecule has 3 aromatic carbocycles. The number of aromatic nitrogens is 2. The number of nitro groups is 1. The van der Waals surface area contributed by atoms with Crippen LogP contribution >= 0.6 is 0 Å². The Labute approximate surface area is 174 Å². The van der Waals surface area contributed by atoms with Crippen LogP contribution in [-0.4, -0.2) is 25.7 Å². The number of aliphatic hydroxyl groups excluding tert-OH is 1. The van der Waals surface area contributed by atoms with Crippen LogP contribution in [0.1, 0.15) is 6.92 Å². The van der Waals surface area contributed by atoms with Crippen molar-refractivity contribution in [1.82, 2.24) is 9.55 Å². The number of non-ortho nitro benzene ring substituents is 1. The lowest BCUT2D eigenvalue weighted by molar-refractivity contribution is -0.384. The Morgan fingerprint density at radius 2 is 1.47 bits per heavy atom. The standard InChI is InChI=1S/C24H21N3O3/c1-17(28)16-26-23(19-10-6-3-7-11-19)22(18-8-4-2-5-9-18)25-24(26)20-12-14-21(15-13-20)27(29)30/h2-15,17,28H,16H2,1H3. The van der Waals surface area contributed by atoms with Crippen LogP contribution in [0, 0.1) is 10.1 Å². The summed E-state index contributed by atoms with van der Waals surface area (Å²) in [6.45, 7) is 2.08. The van der Waals surface area contributed by atoms with Gasteiger partial charge in [-0.2, -0.15) is 0 Å². The maximum atomic E-state index is 11.0. The van der Waals surface area contributed by atoms with E-state index < -0.39 is 11.0 Å². The summed E-state index contributed by atoms with van der Waals surface area (Å²) in [6.07, 6.45) is -0.595. The summed E-state index contributed by atoms with van der Waals surface area (Å²) in [5.74, 6) is 0.656. The van der Waals surface area contributed by atoms with Gasteiger partial charge in [-0.3, -0.25) is 10.1 Å². The summed E-state index contributed by atoms with van der Waals surface area (Å²) in [5.41, 5.74) is 4.42. The average Bonchev–Trinajstić information content (AvgIpc) is 3.13. The Kier molecular flexibility index (Phi) is 5.41. The first-order valence-electron chi connectivity index (χ1n) is 9.69. The van der Waals surface area contributed by atoms with Gasteiger partial charge in [-0.25, -0.2) is 4.98 Å². The predicted octanol–water partition coefficient (Wildman–Crippen LogP) is 5.17. The van der Waals surface area contributed by atoms with E-state index in [9.17, 15) is 15.2 Å². The number of hydrogen-bond donors (Lipinski definition) is 1. The van der Waals surface area contributed by atoms with E-state index in [1.807, 2.05) is 65.2 Å². The second-order valence-corrected chi connectivity index (χ2v) is 7.13. The number of rotatable bonds is 6. The van der Waals surface area contributed by atoms with E-state index in [1.54, 1.807) is 19.1 Å². The molecule has 1 atom stereocenters. The van der Waals surface area contributed by atoms with Crippen LogP contribution in [0.3, 0.4) is 0 Å². The third-order valence-corrected chi connectivity index (χ3v) is 4.85. The highest BCUT2D eigenvalue weighted by atomic mass is 16.6. The fourth-order valence-electron chi connectivity index (χ4n) is 3.53. The molecule has 4 rings (SSSR count). The van der Waals surface area contributed by atoms with E-state index in [-0.39, 0.29) is 5.69 Å². The second-order valence-electron chi connectivity index (χ2n) is 7.13. The van der Waals surface area contributed by atoms with Crippen molar-refractivity contribution < 1.29 is 10.0 Å². The van der Waals surface area contributed by atoms with E-state index in [2.05, 4.69) is 0 Å². The Morgan fingerprint density at radius 3 is 2.00 bits per heavy atom. The smallest absolute Gasteiger partial charge is 0.269 e. The normalized spacial score (nSPS) is 11.9. The molecule has 0 saturated heterocycles. The lowest BCUT2D eigenvalue weighted by Gasteiger charge is -2.15. The number of imidazole rings is 1. The second kappa shape index (κ2) is 8.31. The Balaban J connectivity index is 1.98. The topological polar surface area (TPSA) is 81.2 Å². The maximum Gasteiger partial charge on any atom is 0.269 e. The van der Waals surface area contributed by atoms with Gasteiger partial charge in [0, 0.05) is 28.8 Å². The number of benzene rings is 3. The largest absolute Gasteiger partial charge is 0.392 e. The van der Waals surface area contributed by atoms with Gasteiger partial charge in [0.05, 0.1) is 29.0 Å². The van der Waals surface area contributed by atoms with Crippen molar-refractivity contribution in [1.29, 1.82) is 0 Å². The average molecular weight is 399 g/mol. The van der Waals surface area contributed by atoms with Crippen LogP contribution in [0.5, 0.6) is 0 Å². The molecule has 30 heavy (non-hydrogen) atoms. The zero-order valence-corrected chi connectivity index (χ0v) is 16.5. The van der Waals surface area contributed by atoms with Gasteiger partial charge in [-0.05, 0) is 19.1 Å². The van der Waals surface area contributed by atoms with Gasteiger partial charge in [0.15, 0.2) is 0 Å². The molecule has 0 aliphatic heterocycles. The lowest BCUT2D eigenvalue weighted by atomic mass is 10.0. The molecular formula is C24H21N3O3. The molecule has 1 aromatic heterocycles. The molecule has 1 unspecified atom stereocenters. The molecule has 0 saturated carbocycles. The monoisotopic (exact) mass is 399 g/mol. The maximum absolute atomic E-state index is 11.0. The molecule has 0 bridgehead atoms. The zero-order chi connectivity index (χ0) is 21.1. The molecular weight excluding hydrogens is 378 g/mol. The summed E-state index contributed by atoms with van der Waals surface area (Å²) < 4.78 is 1.99. The third-order valence-electron chi connectivity index (χ3n) is 4.85. The molecule has 0 fully saturated rings. The van der Waals surface area contributed by atoms with Crippen molar-refractivity contribution in [2.75, 3.05) is 0 Å². The lowest BCUT2D eigenvalue weighted by Crippen LogP contribution is -2.14. The Morgan fingerprint density at radius 1 is 0.900 bits per heavy atom. The van der Waals surface area contributed by atoms with Crippen LogP contribution in [0.4, 0.5) is 5.69 Å². The summed E-state index contributed by atoms with van der Waals surface area (Å²) in [5, 5.41) is 21.2. The quantitative estimate of drug-likeness (QED) is 0.358. The Hall–Kier alpha value is -3.77. The van der Waals surface area contributed by atoms with Gasteiger partial charge < -0.3 is 9.67 Å². The predicted molar refractivity (Wildman–Crippen MR) is 117 cm³/mol. The highest BCUT2D eigenvalue weighted by Crippen LogP contribution is 2.36. The highest BCUT2D eigenvalue weighted by molar-refractivity contribution is 5.82. The fraction of sp³-hybridized carbons (Fsp3) is 0.125. The molecule has 0 radical (unpaired) electrons. The zero-order valence-electron chi connectivity index (χ0n) is 16.5. The summed E-state index contributed by atoms with van der Waals surface area (Å²) in [6, 6.07) is 26.1. The van der Waals surface area contributed by atoms with Crippen molar-refractivity contribution in [2.45, 2.75) is 19.6 Å². The molecule has 0 amide bonds. The van der Waals surface area contributed by atoms with Crippen LogP contribution in [-0.2, 0) is 6.54 Å². The summed E-state index contributed by atoms with van der Waals surface area (Å²) in [4.78, 5) is 15.6. The van der Waals surface area contributed by atoms with E-state index in [1.165, 1.54) is 12.1 Å². The van der Waals surface area contributed by atoms with E-state index >= 15 is 0 Å². The molecule has 0 spiro atoms. The molecule has 6 nitrogen and oxygen atoms in total. The van der Waals surface area contributed by atoms with Gasteiger partial charge in [-0.1, -0.05) is 60.7 Å². The van der Waals surface area contributed by atoms with Crippen molar-refractivity contribution in [3.63, 3.8) is 0 Å². The van der Waals surface area contributed by atoms with Gasteiger partial charge >= 0.3 is 0 Å². The van der Waals surface area contributed by atoms with Gasteiger partial charge in [0.1, 0.15) is 5.82 Å². The summed E-state index contributed by atoms with van der Waals surface area (Å²) >= 11 is 0. The molecule has 6 heteroatoms. The Bertz CT molecular complexity index is 1150. The highest BCUT2D eigenvalue weighted by Gasteiger charge is 2.22. The van der Waals surface area contributed by atoms with Gasteiger partial charge in [-0.15, -0.1) is 0 Å².